The fourth-order valence-electron chi connectivity index (χ4n) is 3.87. The van der Waals surface area contributed by atoms with E-state index in [0.29, 0.717) is 31.5 Å². The van der Waals surface area contributed by atoms with Gasteiger partial charge in [0.25, 0.3) is 0 Å². The number of nitrogens with zero attached hydrogens (tertiary/aromatic N) is 2. The van der Waals surface area contributed by atoms with Gasteiger partial charge in [0.1, 0.15) is 5.75 Å². The van der Waals surface area contributed by atoms with Crippen molar-refractivity contribution in [2.24, 2.45) is 4.99 Å². The number of aliphatic imine (C=N–C) groups is 1. The van der Waals surface area contributed by atoms with Crippen molar-refractivity contribution >= 4 is 11.6 Å². The van der Waals surface area contributed by atoms with Crippen LogP contribution in [0.3, 0.4) is 0 Å². The van der Waals surface area contributed by atoms with E-state index in [9.17, 15) is 8.78 Å². The van der Waals surface area contributed by atoms with Crippen LogP contribution in [0.1, 0.15) is 32.6 Å². The number of nitrogens with one attached hydrogen (secondary N) is 2. The first kappa shape index (κ1) is 23.5. The van der Waals surface area contributed by atoms with Crippen molar-refractivity contribution in [2.45, 2.75) is 51.4 Å². The maximum atomic E-state index is 12.7. The van der Waals surface area contributed by atoms with Crippen LogP contribution in [0.5, 0.6) is 5.75 Å². The Hall–Kier alpha value is -2.13. The lowest BCUT2D eigenvalue weighted by Crippen LogP contribution is -2.44. The highest BCUT2D eigenvalue weighted by molar-refractivity contribution is 5.80. The molecule has 2 heterocycles. The summed E-state index contributed by atoms with van der Waals surface area (Å²) >= 11 is 0. The molecular weight excluding hydrogens is 406 g/mol. The van der Waals surface area contributed by atoms with Gasteiger partial charge in [-0.2, -0.15) is 8.78 Å². The van der Waals surface area contributed by atoms with Gasteiger partial charge in [-0.3, -0.25) is 4.99 Å². The Kier molecular flexibility index (Phi) is 9.61. The summed E-state index contributed by atoms with van der Waals surface area (Å²) in [5.74, 6) is 0.987. The summed E-state index contributed by atoms with van der Waals surface area (Å²) in [5, 5.41) is 6.75. The van der Waals surface area contributed by atoms with Crippen LogP contribution in [0.25, 0.3) is 0 Å². The highest BCUT2D eigenvalue weighted by atomic mass is 19.3. The van der Waals surface area contributed by atoms with Crippen molar-refractivity contribution in [2.75, 3.05) is 50.9 Å². The third-order valence-corrected chi connectivity index (χ3v) is 5.39. The van der Waals surface area contributed by atoms with Crippen LogP contribution in [0, 0.1) is 0 Å². The van der Waals surface area contributed by atoms with Crippen molar-refractivity contribution < 1.29 is 23.0 Å². The number of rotatable bonds is 10. The third kappa shape index (κ3) is 7.81. The van der Waals surface area contributed by atoms with Gasteiger partial charge in [-0.25, -0.2) is 0 Å². The van der Waals surface area contributed by atoms with Crippen molar-refractivity contribution in [3.63, 3.8) is 0 Å². The van der Waals surface area contributed by atoms with Crippen molar-refractivity contribution in [1.29, 1.82) is 0 Å². The summed E-state index contributed by atoms with van der Waals surface area (Å²) in [6.45, 7) is 4.38. The van der Waals surface area contributed by atoms with Crippen LogP contribution in [0.4, 0.5) is 14.5 Å². The summed E-state index contributed by atoms with van der Waals surface area (Å²) in [6.07, 6.45) is 4.00. The molecule has 0 radical (unpaired) electrons. The molecule has 1 aromatic carbocycles. The lowest BCUT2D eigenvalue weighted by Gasteiger charge is -2.23. The van der Waals surface area contributed by atoms with Gasteiger partial charge in [-0.05, 0) is 44.7 Å². The molecule has 0 spiro atoms. The van der Waals surface area contributed by atoms with Gasteiger partial charge >= 0.3 is 6.61 Å². The Morgan fingerprint density at radius 3 is 2.84 bits per heavy atom. The largest absolute Gasteiger partial charge is 0.433 e. The minimum atomic E-state index is -2.83. The summed E-state index contributed by atoms with van der Waals surface area (Å²) in [5.41, 5.74) is 0.694. The van der Waals surface area contributed by atoms with Gasteiger partial charge in [0, 0.05) is 52.0 Å². The zero-order valence-corrected chi connectivity index (χ0v) is 18.2. The van der Waals surface area contributed by atoms with Crippen LogP contribution in [-0.2, 0) is 9.47 Å². The second kappa shape index (κ2) is 12.7. The van der Waals surface area contributed by atoms with Crippen LogP contribution in [-0.4, -0.2) is 70.7 Å². The van der Waals surface area contributed by atoms with Gasteiger partial charge in [-0.1, -0.05) is 12.1 Å². The second-order valence-electron chi connectivity index (χ2n) is 7.72. The molecule has 2 saturated heterocycles. The molecule has 0 bridgehead atoms. The number of benzene rings is 1. The van der Waals surface area contributed by atoms with E-state index in [1.807, 2.05) is 19.1 Å². The maximum absolute atomic E-state index is 12.7. The Morgan fingerprint density at radius 1 is 1.26 bits per heavy atom. The van der Waals surface area contributed by atoms with Gasteiger partial charge < -0.3 is 29.7 Å². The lowest BCUT2D eigenvalue weighted by molar-refractivity contribution is -0.0495. The van der Waals surface area contributed by atoms with Crippen molar-refractivity contribution in [1.82, 2.24) is 10.6 Å². The zero-order chi connectivity index (χ0) is 21.9. The third-order valence-electron chi connectivity index (χ3n) is 5.39. The molecule has 1 unspecified atom stereocenters. The molecule has 9 heteroatoms. The molecular formula is C22H34F2N4O3. The Labute approximate surface area is 183 Å². The topological polar surface area (TPSA) is 67.4 Å². The molecule has 2 fully saturated rings. The second-order valence-corrected chi connectivity index (χ2v) is 7.72. The molecule has 0 saturated carbocycles. The SMILES string of the molecule is CCNC(=NCCCOC1CCOCC1)NC1CCN(c2ccccc2OC(F)F)C1. The number of para-hydroxylation sites is 2. The normalized spacial score (nSPS) is 20.3. The van der Waals surface area contributed by atoms with Crippen LogP contribution >= 0.6 is 0 Å². The predicted molar refractivity (Wildman–Crippen MR) is 117 cm³/mol. The Balaban J connectivity index is 1.45. The van der Waals surface area contributed by atoms with Crippen molar-refractivity contribution in [3.05, 3.63) is 24.3 Å². The average Bonchev–Trinajstić information content (AvgIpc) is 3.22. The highest BCUT2D eigenvalue weighted by Crippen LogP contribution is 2.31. The quantitative estimate of drug-likeness (QED) is 0.331. The number of halogens is 2. The molecule has 174 valence electrons. The van der Waals surface area contributed by atoms with Gasteiger partial charge in [0.15, 0.2) is 5.96 Å². The molecule has 2 aliphatic heterocycles. The molecule has 7 nitrogen and oxygen atoms in total. The molecule has 3 rings (SSSR count). The molecule has 1 atom stereocenters. The minimum absolute atomic E-state index is 0.177. The average molecular weight is 441 g/mol. The maximum Gasteiger partial charge on any atom is 0.387 e. The lowest BCUT2D eigenvalue weighted by atomic mass is 10.1. The molecule has 0 amide bonds. The summed E-state index contributed by atoms with van der Waals surface area (Å²) < 4.78 is 41.3. The summed E-state index contributed by atoms with van der Waals surface area (Å²) in [7, 11) is 0. The molecule has 2 N–H and O–H groups in total. The summed E-state index contributed by atoms with van der Waals surface area (Å²) in [6, 6.07) is 7.11. The number of ether oxygens (including phenoxy) is 3. The van der Waals surface area contributed by atoms with Gasteiger partial charge in [-0.15, -0.1) is 0 Å². The van der Waals surface area contributed by atoms with Crippen molar-refractivity contribution in [3.8, 4) is 5.75 Å². The monoisotopic (exact) mass is 440 g/mol. The fourth-order valence-corrected chi connectivity index (χ4v) is 3.87. The van der Waals surface area contributed by atoms with E-state index in [-0.39, 0.29) is 11.8 Å². The fraction of sp³-hybridized carbons (Fsp3) is 0.682. The minimum Gasteiger partial charge on any atom is -0.433 e. The predicted octanol–water partition coefficient (Wildman–Crippen LogP) is 3.01. The number of alkyl halides is 2. The van der Waals surface area contributed by atoms with Gasteiger partial charge in [0.05, 0.1) is 11.8 Å². The first-order valence-corrected chi connectivity index (χ1v) is 11.2. The Morgan fingerprint density at radius 2 is 2.06 bits per heavy atom. The van der Waals surface area contributed by atoms with E-state index in [4.69, 9.17) is 9.47 Å². The van der Waals surface area contributed by atoms with E-state index in [1.165, 1.54) is 0 Å². The number of hydrogen-bond donors (Lipinski definition) is 2. The number of anilines is 1. The zero-order valence-electron chi connectivity index (χ0n) is 18.2. The van der Waals surface area contributed by atoms with E-state index >= 15 is 0 Å². The number of guanidine groups is 1. The molecule has 2 aliphatic rings. The Bertz CT molecular complexity index is 686. The molecule has 31 heavy (non-hydrogen) atoms. The van der Waals surface area contributed by atoms with Gasteiger partial charge in [0.2, 0.25) is 0 Å². The smallest absolute Gasteiger partial charge is 0.387 e. The number of hydrogen-bond acceptors (Lipinski definition) is 5. The first-order chi connectivity index (χ1) is 15.2. The van der Waals surface area contributed by atoms with E-state index < -0.39 is 6.61 Å². The van der Waals surface area contributed by atoms with Crippen LogP contribution < -0.4 is 20.3 Å². The molecule has 0 aromatic heterocycles. The van der Waals surface area contributed by atoms with E-state index in [1.54, 1.807) is 12.1 Å². The first-order valence-electron chi connectivity index (χ1n) is 11.2. The molecule has 0 aliphatic carbocycles. The standard InChI is InChI=1S/C22H34F2N4O3/c1-2-25-22(26-11-5-13-30-18-9-14-29-15-10-18)27-17-8-12-28(16-17)19-6-3-4-7-20(19)31-21(23)24/h3-4,6-7,17-18,21H,2,5,8-16H2,1H3,(H2,25,26,27). The molecule has 1 aromatic rings. The van der Waals surface area contributed by atoms with Crippen LogP contribution in [0.15, 0.2) is 29.3 Å². The summed E-state index contributed by atoms with van der Waals surface area (Å²) in [4.78, 5) is 6.73. The highest BCUT2D eigenvalue weighted by Gasteiger charge is 2.26. The van der Waals surface area contributed by atoms with E-state index in [2.05, 4.69) is 25.3 Å². The van der Waals surface area contributed by atoms with E-state index in [0.717, 1.165) is 57.9 Å². The van der Waals surface area contributed by atoms with Crippen LogP contribution in [0.2, 0.25) is 0 Å².